The van der Waals surface area contributed by atoms with E-state index in [1.807, 2.05) is 6.92 Å². The van der Waals surface area contributed by atoms with Crippen LogP contribution in [-0.2, 0) is 9.53 Å². The van der Waals surface area contributed by atoms with E-state index in [4.69, 9.17) is 9.84 Å². The van der Waals surface area contributed by atoms with Gasteiger partial charge in [-0.15, -0.1) is 0 Å². The molecule has 1 rings (SSSR count). The number of carbonyl (C=O) groups is 1. The second kappa shape index (κ2) is 5.98. The van der Waals surface area contributed by atoms with Crippen molar-refractivity contribution in [3.63, 3.8) is 0 Å². The quantitative estimate of drug-likeness (QED) is 0.691. The van der Waals surface area contributed by atoms with Gasteiger partial charge in [0.05, 0.1) is 13.0 Å². The van der Waals surface area contributed by atoms with Crippen molar-refractivity contribution < 1.29 is 14.6 Å². The lowest BCUT2D eigenvalue weighted by Crippen LogP contribution is -2.24. The molecule has 0 amide bonds. The van der Waals surface area contributed by atoms with E-state index in [-0.39, 0.29) is 6.42 Å². The molecule has 0 aromatic carbocycles. The molecular formula is C10H19NO3. The largest absolute Gasteiger partial charge is 0.481 e. The highest BCUT2D eigenvalue weighted by atomic mass is 16.5. The standard InChI is InChI=1S/C10H19NO3/c1-2-14-8-9-3-5-11(7-9)6-4-10(12)13/h9H,2-8H2,1H3,(H,12,13). The molecule has 1 unspecified atom stereocenters. The van der Waals surface area contributed by atoms with Crippen LogP contribution >= 0.6 is 0 Å². The van der Waals surface area contributed by atoms with Crippen LogP contribution in [-0.4, -0.2) is 48.8 Å². The zero-order valence-corrected chi connectivity index (χ0v) is 8.74. The highest BCUT2D eigenvalue weighted by Gasteiger charge is 2.22. The van der Waals surface area contributed by atoms with E-state index in [9.17, 15) is 4.79 Å². The molecule has 0 spiro atoms. The first-order valence-electron chi connectivity index (χ1n) is 5.24. The first-order valence-corrected chi connectivity index (χ1v) is 5.24. The predicted octanol–water partition coefficient (Wildman–Crippen LogP) is 0.820. The van der Waals surface area contributed by atoms with E-state index in [1.54, 1.807) is 0 Å². The average Bonchev–Trinajstić information content (AvgIpc) is 2.59. The fourth-order valence-electron chi connectivity index (χ4n) is 1.79. The van der Waals surface area contributed by atoms with Gasteiger partial charge in [-0.3, -0.25) is 4.79 Å². The van der Waals surface area contributed by atoms with Crippen molar-refractivity contribution in [1.82, 2.24) is 4.90 Å². The minimum absolute atomic E-state index is 0.251. The molecule has 1 aliphatic rings. The van der Waals surface area contributed by atoms with E-state index in [0.29, 0.717) is 12.5 Å². The van der Waals surface area contributed by atoms with Crippen molar-refractivity contribution in [2.45, 2.75) is 19.8 Å². The van der Waals surface area contributed by atoms with Gasteiger partial charge >= 0.3 is 5.97 Å². The molecule has 0 radical (unpaired) electrons. The lowest BCUT2D eigenvalue weighted by Gasteiger charge is -2.14. The summed E-state index contributed by atoms with van der Waals surface area (Å²) in [7, 11) is 0. The summed E-state index contributed by atoms with van der Waals surface area (Å²) in [6.45, 7) is 6.28. The minimum atomic E-state index is -0.710. The number of carboxylic acid groups (broad SMARTS) is 1. The molecule has 0 aromatic rings. The number of likely N-dealkylation sites (tertiary alicyclic amines) is 1. The monoisotopic (exact) mass is 201 g/mol. The van der Waals surface area contributed by atoms with Crippen LogP contribution in [0.15, 0.2) is 0 Å². The Labute approximate surface area is 84.8 Å². The Balaban J connectivity index is 2.10. The number of aliphatic carboxylic acids is 1. The lowest BCUT2D eigenvalue weighted by molar-refractivity contribution is -0.137. The fourth-order valence-corrected chi connectivity index (χ4v) is 1.79. The van der Waals surface area contributed by atoms with Gasteiger partial charge in [0.1, 0.15) is 0 Å². The normalized spacial score (nSPS) is 22.8. The summed E-state index contributed by atoms with van der Waals surface area (Å²) >= 11 is 0. The fraction of sp³-hybridized carbons (Fsp3) is 0.900. The average molecular weight is 201 g/mol. The summed E-state index contributed by atoms with van der Waals surface area (Å²) in [4.78, 5) is 12.6. The van der Waals surface area contributed by atoms with Crippen LogP contribution in [0.2, 0.25) is 0 Å². The van der Waals surface area contributed by atoms with Gasteiger partial charge < -0.3 is 14.7 Å². The van der Waals surface area contributed by atoms with Crippen molar-refractivity contribution >= 4 is 5.97 Å². The third kappa shape index (κ3) is 4.07. The van der Waals surface area contributed by atoms with Gasteiger partial charge in [-0.25, -0.2) is 0 Å². The third-order valence-electron chi connectivity index (χ3n) is 2.57. The maximum atomic E-state index is 10.4. The van der Waals surface area contributed by atoms with Gasteiger partial charge in [-0.1, -0.05) is 0 Å². The Kier molecular flexibility index (Phi) is 4.90. The zero-order chi connectivity index (χ0) is 10.4. The highest BCUT2D eigenvalue weighted by Crippen LogP contribution is 2.16. The summed E-state index contributed by atoms with van der Waals surface area (Å²) in [6.07, 6.45) is 1.39. The highest BCUT2D eigenvalue weighted by molar-refractivity contribution is 5.66. The number of hydrogen-bond acceptors (Lipinski definition) is 3. The molecule has 1 atom stereocenters. The molecular weight excluding hydrogens is 182 g/mol. The molecule has 4 heteroatoms. The topological polar surface area (TPSA) is 49.8 Å². The van der Waals surface area contributed by atoms with Crippen molar-refractivity contribution in [1.29, 1.82) is 0 Å². The summed E-state index contributed by atoms with van der Waals surface area (Å²) in [6, 6.07) is 0. The van der Waals surface area contributed by atoms with E-state index >= 15 is 0 Å². The molecule has 1 heterocycles. The van der Waals surface area contributed by atoms with Gasteiger partial charge in [-0.2, -0.15) is 0 Å². The second-order valence-electron chi connectivity index (χ2n) is 3.76. The number of rotatable bonds is 6. The van der Waals surface area contributed by atoms with Crippen molar-refractivity contribution in [3.05, 3.63) is 0 Å². The molecule has 0 aromatic heterocycles. The van der Waals surface area contributed by atoms with Gasteiger partial charge in [0.25, 0.3) is 0 Å². The predicted molar refractivity (Wildman–Crippen MR) is 53.3 cm³/mol. The first-order chi connectivity index (χ1) is 6.72. The van der Waals surface area contributed by atoms with Gasteiger partial charge in [0.2, 0.25) is 0 Å². The van der Waals surface area contributed by atoms with Crippen LogP contribution in [0.5, 0.6) is 0 Å². The maximum absolute atomic E-state index is 10.4. The summed E-state index contributed by atoms with van der Waals surface area (Å²) < 4.78 is 5.35. The molecule has 1 saturated heterocycles. The van der Waals surface area contributed by atoms with Crippen LogP contribution in [0.25, 0.3) is 0 Å². The van der Waals surface area contributed by atoms with E-state index in [2.05, 4.69) is 4.90 Å². The van der Waals surface area contributed by atoms with Crippen LogP contribution < -0.4 is 0 Å². The molecule has 14 heavy (non-hydrogen) atoms. The lowest BCUT2D eigenvalue weighted by atomic mass is 10.1. The molecule has 0 saturated carbocycles. The molecule has 4 nitrogen and oxygen atoms in total. The molecule has 0 bridgehead atoms. The molecule has 1 N–H and O–H groups in total. The van der Waals surface area contributed by atoms with Crippen molar-refractivity contribution in [3.8, 4) is 0 Å². The number of carboxylic acids is 1. The van der Waals surface area contributed by atoms with E-state index in [1.165, 1.54) is 0 Å². The van der Waals surface area contributed by atoms with E-state index in [0.717, 1.165) is 32.7 Å². The Morgan fingerprint density at radius 3 is 3.07 bits per heavy atom. The van der Waals surface area contributed by atoms with Crippen LogP contribution in [0.3, 0.4) is 0 Å². The van der Waals surface area contributed by atoms with Crippen molar-refractivity contribution in [2.24, 2.45) is 5.92 Å². The van der Waals surface area contributed by atoms with Gasteiger partial charge in [-0.05, 0) is 25.8 Å². The molecule has 1 fully saturated rings. The Morgan fingerprint density at radius 2 is 2.43 bits per heavy atom. The van der Waals surface area contributed by atoms with Gasteiger partial charge in [0.15, 0.2) is 0 Å². The van der Waals surface area contributed by atoms with Crippen LogP contribution in [0, 0.1) is 5.92 Å². The van der Waals surface area contributed by atoms with Crippen molar-refractivity contribution in [2.75, 3.05) is 32.8 Å². The summed E-state index contributed by atoms with van der Waals surface area (Å²) in [5.41, 5.74) is 0. The Bertz CT molecular complexity index is 184. The number of hydrogen-bond donors (Lipinski definition) is 1. The van der Waals surface area contributed by atoms with Crippen LogP contribution in [0.4, 0.5) is 0 Å². The number of nitrogens with zero attached hydrogens (tertiary/aromatic N) is 1. The van der Waals surface area contributed by atoms with Gasteiger partial charge in [0, 0.05) is 19.7 Å². The van der Waals surface area contributed by atoms with E-state index < -0.39 is 5.97 Å². The second-order valence-corrected chi connectivity index (χ2v) is 3.76. The Hall–Kier alpha value is -0.610. The molecule has 1 aliphatic heterocycles. The minimum Gasteiger partial charge on any atom is -0.481 e. The smallest absolute Gasteiger partial charge is 0.304 e. The first kappa shape index (κ1) is 11.5. The zero-order valence-electron chi connectivity index (χ0n) is 8.74. The van der Waals surface area contributed by atoms with Crippen LogP contribution in [0.1, 0.15) is 19.8 Å². The maximum Gasteiger partial charge on any atom is 0.304 e. The molecule has 82 valence electrons. The Morgan fingerprint density at radius 1 is 1.64 bits per heavy atom. The SMILES string of the molecule is CCOCC1CCN(CCC(=O)O)C1. The summed E-state index contributed by atoms with van der Waals surface area (Å²) in [5.74, 6) is -0.109. The third-order valence-corrected chi connectivity index (χ3v) is 2.57. The number of ether oxygens (including phenoxy) is 1. The molecule has 0 aliphatic carbocycles. The summed E-state index contributed by atoms with van der Waals surface area (Å²) in [5, 5.41) is 8.53.